The average molecular weight is 126 g/mol. The minimum Gasteiger partial charge on any atom is -0.255 e. The lowest BCUT2D eigenvalue weighted by molar-refractivity contribution is 0.125. The number of hydrogen-bond acceptors (Lipinski definition) is 2. The number of nitrogens with one attached hydrogen (secondary N) is 1. The van der Waals surface area contributed by atoms with E-state index in [4.69, 9.17) is 0 Å². The van der Waals surface area contributed by atoms with Crippen molar-refractivity contribution in [1.29, 1.82) is 0 Å². The van der Waals surface area contributed by atoms with Gasteiger partial charge in [-0.2, -0.15) is 0 Å². The van der Waals surface area contributed by atoms with E-state index in [9.17, 15) is 0 Å². The van der Waals surface area contributed by atoms with Gasteiger partial charge in [-0.15, -0.1) is 0 Å². The molecule has 2 bridgehead atoms. The van der Waals surface area contributed by atoms with E-state index in [-0.39, 0.29) is 0 Å². The van der Waals surface area contributed by atoms with Crippen molar-refractivity contribution >= 4 is 0 Å². The fraction of sp³-hybridized carbons (Fsp3) is 1.00. The lowest BCUT2D eigenvalue weighted by Gasteiger charge is -2.30. The van der Waals surface area contributed by atoms with Gasteiger partial charge in [-0.25, -0.2) is 5.01 Å². The van der Waals surface area contributed by atoms with Crippen LogP contribution in [-0.2, 0) is 0 Å². The molecule has 1 aliphatic heterocycles. The Morgan fingerprint density at radius 2 is 2.33 bits per heavy atom. The fourth-order valence-corrected chi connectivity index (χ4v) is 1.99. The standard InChI is InChI=1S/C7H14N2/c1-9-7-3-2-6(4-7)5-8-9/h6-8H,2-5H2,1H3. The summed E-state index contributed by atoms with van der Waals surface area (Å²) in [5.74, 6) is 0.992. The maximum Gasteiger partial charge on any atom is 0.0243 e. The monoisotopic (exact) mass is 126 g/mol. The summed E-state index contributed by atoms with van der Waals surface area (Å²) in [4.78, 5) is 0. The average Bonchev–Trinajstić information content (AvgIpc) is 2.25. The quantitative estimate of drug-likeness (QED) is 0.511. The highest BCUT2D eigenvalue weighted by Crippen LogP contribution is 2.30. The van der Waals surface area contributed by atoms with Crippen LogP contribution >= 0.6 is 0 Å². The van der Waals surface area contributed by atoms with Gasteiger partial charge in [-0.3, -0.25) is 5.43 Å². The third-order valence-electron chi connectivity index (χ3n) is 2.69. The molecule has 2 unspecified atom stereocenters. The highest BCUT2D eigenvalue weighted by Gasteiger charge is 2.31. The maximum atomic E-state index is 3.38. The summed E-state index contributed by atoms with van der Waals surface area (Å²) in [5, 5.41) is 2.28. The Labute approximate surface area is 56.2 Å². The van der Waals surface area contributed by atoms with Crippen molar-refractivity contribution in [3.8, 4) is 0 Å². The van der Waals surface area contributed by atoms with Crippen LogP contribution in [0.1, 0.15) is 19.3 Å². The van der Waals surface area contributed by atoms with Crippen LogP contribution < -0.4 is 5.43 Å². The van der Waals surface area contributed by atoms with E-state index >= 15 is 0 Å². The van der Waals surface area contributed by atoms with E-state index in [1.54, 1.807) is 0 Å². The summed E-state index contributed by atoms with van der Waals surface area (Å²) >= 11 is 0. The van der Waals surface area contributed by atoms with Crippen molar-refractivity contribution in [3.05, 3.63) is 0 Å². The van der Waals surface area contributed by atoms with Gasteiger partial charge in [0.25, 0.3) is 0 Å². The molecule has 2 nitrogen and oxygen atoms in total. The van der Waals surface area contributed by atoms with Crippen LogP contribution in [0, 0.1) is 5.92 Å². The van der Waals surface area contributed by atoms with Crippen LogP contribution in [0.5, 0.6) is 0 Å². The first kappa shape index (κ1) is 5.69. The molecule has 0 radical (unpaired) electrons. The van der Waals surface area contributed by atoms with Crippen molar-refractivity contribution in [2.75, 3.05) is 13.6 Å². The van der Waals surface area contributed by atoms with Crippen molar-refractivity contribution in [1.82, 2.24) is 10.4 Å². The molecule has 52 valence electrons. The van der Waals surface area contributed by atoms with Crippen molar-refractivity contribution < 1.29 is 0 Å². The zero-order valence-corrected chi connectivity index (χ0v) is 5.93. The second-order valence-electron chi connectivity index (χ2n) is 3.31. The Kier molecular flexibility index (Phi) is 1.24. The third kappa shape index (κ3) is 0.864. The molecule has 1 saturated heterocycles. The Morgan fingerprint density at radius 1 is 1.44 bits per heavy atom. The lowest BCUT2D eigenvalue weighted by atomic mass is 10.1. The van der Waals surface area contributed by atoms with Crippen LogP contribution in [0.3, 0.4) is 0 Å². The summed E-state index contributed by atoms with van der Waals surface area (Å²) in [7, 11) is 2.16. The largest absolute Gasteiger partial charge is 0.255 e. The number of rotatable bonds is 0. The molecule has 0 aromatic heterocycles. The third-order valence-corrected chi connectivity index (χ3v) is 2.69. The molecule has 2 heteroatoms. The highest BCUT2D eigenvalue weighted by molar-refractivity contribution is 4.85. The molecular weight excluding hydrogens is 112 g/mol. The SMILES string of the molecule is CN1NCC2CCC1C2. The van der Waals surface area contributed by atoms with E-state index in [0.717, 1.165) is 12.0 Å². The lowest BCUT2D eigenvalue weighted by Crippen LogP contribution is -2.46. The van der Waals surface area contributed by atoms with Gasteiger partial charge in [0.1, 0.15) is 0 Å². The Hall–Kier alpha value is -0.0800. The molecule has 1 aliphatic carbocycles. The molecule has 2 aliphatic rings. The van der Waals surface area contributed by atoms with Gasteiger partial charge in [0.2, 0.25) is 0 Å². The topological polar surface area (TPSA) is 15.3 Å². The van der Waals surface area contributed by atoms with Gasteiger partial charge in [0.05, 0.1) is 0 Å². The minimum atomic E-state index is 0.851. The van der Waals surface area contributed by atoms with E-state index in [1.165, 1.54) is 25.8 Å². The summed E-state index contributed by atoms with van der Waals surface area (Å²) < 4.78 is 0. The van der Waals surface area contributed by atoms with Crippen molar-refractivity contribution in [3.63, 3.8) is 0 Å². The van der Waals surface area contributed by atoms with Crippen LogP contribution in [0.25, 0.3) is 0 Å². The van der Waals surface area contributed by atoms with E-state index < -0.39 is 0 Å². The van der Waals surface area contributed by atoms with Crippen LogP contribution in [0.2, 0.25) is 0 Å². The van der Waals surface area contributed by atoms with Crippen LogP contribution in [-0.4, -0.2) is 24.6 Å². The first-order valence-corrected chi connectivity index (χ1v) is 3.82. The predicted molar refractivity (Wildman–Crippen MR) is 36.9 cm³/mol. The normalized spacial score (nSPS) is 43.7. The number of hydrazine groups is 1. The van der Waals surface area contributed by atoms with E-state index in [2.05, 4.69) is 17.5 Å². The molecule has 2 atom stereocenters. The molecule has 0 amide bonds. The second-order valence-corrected chi connectivity index (χ2v) is 3.31. The van der Waals surface area contributed by atoms with Gasteiger partial charge in [0, 0.05) is 19.6 Å². The molecule has 2 rings (SSSR count). The van der Waals surface area contributed by atoms with E-state index in [0.29, 0.717) is 0 Å². The highest BCUT2D eigenvalue weighted by atomic mass is 15.5. The molecule has 0 aromatic rings. The predicted octanol–water partition coefficient (Wildman–Crippen LogP) is 0.605. The van der Waals surface area contributed by atoms with Crippen molar-refractivity contribution in [2.24, 2.45) is 5.92 Å². The molecule has 0 aromatic carbocycles. The van der Waals surface area contributed by atoms with Crippen LogP contribution in [0.15, 0.2) is 0 Å². The first-order chi connectivity index (χ1) is 4.36. The second kappa shape index (κ2) is 1.96. The fourth-order valence-electron chi connectivity index (χ4n) is 1.99. The molecule has 9 heavy (non-hydrogen) atoms. The Bertz CT molecular complexity index is 113. The number of nitrogens with zero attached hydrogens (tertiary/aromatic N) is 1. The van der Waals surface area contributed by atoms with Gasteiger partial charge < -0.3 is 0 Å². The Morgan fingerprint density at radius 3 is 3.11 bits per heavy atom. The van der Waals surface area contributed by atoms with Gasteiger partial charge in [0.15, 0.2) is 0 Å². The summed E-state index contributed by atoms with van der Waals surface area (Å²) in [6.45, 7) is 1.22. The summed E-state index contributed by atoms with van der Waals surface area (Å²) in [6.07, 6.45) is 4.29. The summed E-state index contributed by atoms with van der Waals surface area (Å²) in [5.41, 5.74) is 3.38. The van der Waals surface area contributed by atoms with Gasteiger partial charge in [-0.05, 0) is 25.2 Å². The van der Waals surface area contributed by atoms with Crippen LogP contribution in [0.4, 0.5) is 0 Å². The van der Waals surface area contributed by atoms with Gasteiger partial charge in [-0.1, -0.05) is 0 Å². The molecule has 1 saturated carbocycles. The van der Waals surface area contributed by atoms with Crippen molar-refractivity contribution in [2.45, 2.75) is 25.3 Å². The summed E-state index contributed by atoms with van der Waals surface area (Å²) in [6, 6.07) is 0.851. The first-order valence-electron chi connectivity index (χ1n) is 3.82. The smallest absolute Gasteiger partial charge is 0.0243 e. The molecule has 2 fully saturated rings. The van der Waals surface area contributed by atoms with Gasteiger partial charge >= 0.3 is 0 Å². The molecule has 1 N–H and O–H groups in total. The maximum absolute atomic E-state index is 3.38. The molecular formula is C7H14N2. The van der Waals surface area contributed by atoms with E-state index in [1.807, 2.05) is 0 Å². The number of hydrogen-bond donors (Lipinski definition) is 1. The zero-order valence-electron chi connectivity index (χ0n) is 5.93. The Balaban J connectivity index is 2.05. The zero-order chi connectivity index (χ0) is 6.27. The number of fused-ring (bicyclic) bond motifs is 2. The molecule has 0 spiro atoms. The molecule has 1 heterocycles. The minimum absolute atomic E-state index is 0.851.